The Morgan fingerprint density at radius 1 is 1.22 bits per heavy atom. The maximum absolute atomic E-state index is 12.7. The van der Waals surface area contributed by atoms with Crippen LogP contribution in [0.15, 0.2) is 36.5 Å². The Morgan fingerprint density at radius 2 is 1.93 bits per heavy atom. The monoisotopic (exact) mass is 366 g/mol. The van der Waals surface area contributed by atoms with Gasteiger partial charge in [0.1, 0.15) is 0 Å². The summed E-state index contributed by atoms with van der Waals surface area (Å²) in [5, 5.41) is 16.5. The minimum atomic E-state index is -0.955. The molecule has 0 spiro atoms. The number of carbonyl (C=O) groups excluding carboxylic acids is 1. The summed E-state index contributed by atoms with van der Waals surface area (Å²) in [6, 6.07) is 9.74. The molecule has 2 heterocycles. The van der Waals surface area contributed by atoms with E-state index in [2.05, 4.69) is 10.4 Å². The van der Waals surface area contributed by atoms with E-state index < -0.39 is 5.97 Å². The summed E-state index contributed by atoms with van der Waals surface area (Å²) in [6.07, 6.45) is 1.50. The largest absolute Gasteiger partial charge is 0.481 e. The molecule has 1 amide bonds. The first-order valence-electron chi connectivity index (χ1n) is 8.82. The van der Waals surface area contributed by atoms with Crippen LogP contribution in [0, 0.1) is 6.92 Å². The number of benzene rings is 1. The van der Waals surface area contributed by atoms with Gasteiger partial charge in [-0.3, -0.25) is 9.59 Å². The minimum Gasteiger partial charge on any atom is -0.481 e. The van der Waals surface area contributed by atoms with Crippen LogP contribution in [-0.4, -0.2) is 38.3 Å². The maximum atomic E-state index is 12.7. The average Bonchev–Trinajstić information content (AvgIpc) is 3.05. The minimum absolute atomic E-state index is 0.0656. The molecule has 2 aromatic heterocycles. The van der Waals surface area contributed by atoms with Crippen molar-refractivity contribution in [2.75, 3.05) is 6.54 Å². The van der Waals surface area contributed by atoms with E-state index in [1.807, 2.05) is 45.0 Å². The van der Waals surface area contributed by atoms with Crippen LogP contribution in [0.4, 0.5) is 0 Å². The van der Waals surface area contributed by atoms with Gasteiger partial charge in [-0.05, 0) is 26.8 Å². The fraction of sp³-hybridized carbons (Fsp3) is 0.300. The molecule has 2 N–H and O–H groups in total. The normalized spacial score (nSPS) is 11.1. The van der Waals surface area contributed by atoms with E-state index in [0.717, 1.165) is 11.1 Å². The van der Waals surface area contributed by atoms with Gasteiger partial charge in [-0.1, -0.05) is 29.8 Å². The van der Waals surface area contributed by atoms with E-state index in [1.165, 1.54) is 0 Å². The van der Waals surface area contributed by atoms with Gasteiger partial charge in [0.05, 0.1) is 29.3 Å². The molecule has 3 aromatic rings. The first-order chi connectivity index (χ1) is 12.9. The number of amides is 1. The smallest absolute Gasteiger partial charge is 0.305 e. The molecule has 7 nitrogen and oxygen atoms in total. The molecule has 0 saturated heterocycles. The molecule has 27 heavy (non-hydrogen) atoms. The highest BCUT2D eigenvalue weighted by atomic mass is 16.4. The summed E-state index contributed by atoms with van der Waals surface area (Å²) in [5.74, 6) is -1.29. The van der Waals surface area contributed by atoms with Crippen molar-refractivity contribution in [3.05, 3.63) is 47.7 Å². The Labute approximate surface area is 157 Å². The molecular formula is C20H22N4O3. The number of carbonyl (C=O) groups is 2. The third-order valence-electron chi connectivity index (χ3n) is 4.27. The highest BCUT2D eigenvalue weighted by molar-refractivity contribution is 6.06. The number of aromatic nitrogens is 3. The van der Waals surface area contributed by atoms with Gasteiger partial charge in [-0.2, -0.15) is 5.10 Å². The number of nitrogens with one attached hydrogen (secondary N) is 1. The van der Waals surface area contributed by atoms with Crippen molar-refractivity contribution in [1.29, 1.82) is 0 Å². The fourth-order valence-electron chi connectivity index (χ4n) is 2.83. The van der Waals surface area contributed by atoms with Crippen LogP contribution in [0.2, 0.25) is 0 Å². The molecular weight excluding hydrogens is 344 g/mol. The maximum Gasteiger partial charge on any atom is 0.305 e. The number of nitrogens with zero attached hydrogens (tertiary/aromatic N) is 3. The lowest BCUT2D eigenvalue weighted by molar-refractivity contribution is -0.136. The SMILES string of the molecule is Cc1ccc(-c2cc(C(=O)NCCC(=O)O)c3cnn(C(C)C)c3n2)cc1. The van der Waals surface area contributed by atoms with E-state index in [1.54, 1.807) is 16.9 Å². The standard InChI is InChI=1S/C20H22N4O3/c1-12(2)24-19-16(11-22-24)15(20(27)21-9-8-18(25)26)10-17(23-19)14-6-4-13(3)5-7-14/h4-7,10-12H,8-9H2,1-3H3,(H,21,27)(H,25,26). The second kappa shape index (κ2) is 7.57. The average molecular weight is 366 g/mol. The summed E-state index contributed by atoms with van der Waals surface area (Å²) in [6.45, 7) is 6.07. The molecule has 1 aromatic carbocycles. The van der Waals surface area contributed by atoms with Crippen molar-refractivity contribution in [3.8, 4) is 11.3 Å². The van der Waals surface area contributed by atoms with Crippen LogP contribution in [0.5, 0.6) is 0 Å². The summed E-state index contributed by atoms with van der Waals surface area (Å²) in [7, 11) is 0. The molecule has 0 fully saturated rings. The van der Waals surface area contributed by atoms with Gasteiger partial charge in [0.2, 0.25) is 0 Å². The molecule has 3 rings (SSSR count). The van der Waals surface area contributed by atoms with Crippen molar-refractivity contribution in [2.24, 2.45) is 0 Å². The number of carboxylic acids is 1. The van der Waals surface area contributed by atoms with Crippen molar-refractivity contribution in [2.45, 2.75) is 33.2 Å². The van der Waals surface area contributed by atoms with Gasteiger partial charge in [0.25, 0.3) is 5.91 Å². The van der Waals surface area contributed by atoms with Crippen LogP contribution in [-0.2, 0) is 4.79 Å². The van der Waals surface area contributed by atoms with E-state index in [4.69, 9.17) is 10.1 Å². The summed E-state index contributed by atoms with van der Waals surface area (Å²) in [4.78, 5) is 28.1. The van der Waals surface area contributed by atoms with Crippen molar-refractivity contribution >= 4 is 22.9 Å². The zero-order valence-corrected chi connectivity index (χ0v) is 15.6. The zero-order valence-electron chi connectivity index (χ0n) is 15.6. The van der Waals surface area contributed by atoms with Crippen molar-refractivity contribution in [3.63, 3.8) is 0 Å². The number of carboxylic acid groups (broad SMARTS) is 1. The van der Waals surface area contributed by atoms with Gasteiger partial charge in [0, 0.05) is 18.2 Å². The molecule has 0 atom stereocenters. The number of pyridine rings is 1. The van der Waals surface area contributed by atoms with E-state index in [-0.39, 0.29) is 24.9 Å². The van der Waals surface area contributed by atoms with Crippen molar-refractivity contribution in [1.82, 2.24) is 20.1 Å². The lowest BCUT2D eigenvalue weighted by Gasteiger charge is -2.11. The quantitative estimate of drug-likeness (QED) is 0.698. The topological polar surface area (TPSA) is 97.1 Å². The highest BCUT2D eigenvalue weighted by Gasteiger charge is 2.18. The molecule has 0 saturated carbocycles. The number of aliphatic carboxylic acids is 1. The summed E-state index contributed by atoms with van der Waals surface area (Å²) >= 11 is 0. The fourth-order valence-corrected chi connectivity index (χ4v) is 2.83. The lowest BCUT2D eigenvalue weighted by Crippen LogP contribution is -2.26. The van der Waals surface area contributed by atoms with E-state index in [9.17, 15) is 9.59 Å². The van der Waals surface area contributed by atoms with Gasteiger partial charge in [0.15, 0.2) is 5.65 Å². The number of hydrogen-bond acceptors (Lipinski definition) is 4. The van der Waals surface area contributed by atoms with Gasteiger partial charge in [-0.25, -0.2) is 9.67 Å². The van der Waals surface area contributed by atoms with Crippen LogP contribution < -0.4 is 5.32 Å². The summed E-state index contributed by atoms with van der Waals surface area (Å²) < 4.78 is 1.78. The summed E-state index contributed by atoms with van der Waals surface area (Å²) in [5.41, 5.74) is 3.78. The van der Waals surface area contributed by atoms with Gasteiger partial charge < -0.3 is 10.4 Å². The Hall–Kier alpha value is -3.22. The van der Waals surface area contributed by atoms with Gasteiger partial charge >= 0.3 is 5.97 Å². The van der Waals surface area contributed by atoms with Crippen LogP contribution in [0.25, 0.3) is 22.3 Å². The van der Waals surface area contributed by atoms with E-state index in [0.29, 0.717) is 22.3 Å². The van der Waals surface area contributed by atoms with E-state index >= 15 is 0 Å². The lowest BCUT2D eigenvalue weighted by atomic mass is 10.1. The molecule has 0 aliphatic rings. The number of rotatable bonds is 6. The third-order valence-corrected chi connectivity index (χ3v) is 4.27. The molecule has 0 aliphatic heterocycles. The van der Waals surface area contributed by atoms with Crippen LogP contribution in [0.1, 0.15) is 42.2 Å². The Kier molecular flexibility index (Phi) is 5.21. The van der Waals surface area contributed by atoms with Crippen LogP contribution >= 0.6 is 0 Å². The second-order valence-corrected chi connectivity index (χ2v) is 6.74. The Bertz CT molecular complexity index is 990. The molecule has 0 unspecified atom stereocenters. The molecule has 7 heteroatoms. The zero-order chi connectivity index (χ0) is 19.6. The van der Waals surface area contributed by atoms with Gasteiger partial charge in [-0.15, -0.1) is 0 Å². The first kappa shape index (κ1) is 18.6. The predicted octanol–water partition coefficient (Wildman–Crippen LogP) is 3.19. The van der Waals surface area contributed by atoms with Crippen LogP contribution in [0.3, 0.4) is 0 Å². The first-order valence-corrected chi connectivity index (χ1v) is 8.82. The number of aryl methyl sites for hydroxylation is 1. The number of fused-ring (bicyclic) bond motifs is 1. The van der Waals surface area contributed by atoms with Crippen molar-refractivity contribution < 1.29 is 14.7 Å². The molecule has 0 radical (unpaired) electrons. The highest BCUT2D eigenvalue weighted by Crippen LogP contribution is 2.26. The second-order valence-electron chi connectivity index (χ2n) is 6.74. The third kappa shape index (κ3) is 3.97. The Morgan fingerprint density at radius 3 is 2.56 bits per heavy atom. The molecule has 0 aliphatic carbocycles. The molecule has 140 valence electrons. The molecule has 0 bridgehead atoms. The predicted molar refractivity (Wildman–Crippen MR) is 103 cm³/mol. The number of hydrogen-bond donors (Lipinski definition) is 2. The Balaban J connectivity index is 2.08.